The summed E-state index contributed by atoms with van der Waals surface area (Å²) in [5.41, 5.74) is 13.1. The summed E-state index contributed by atoms with van der Waals surface area (Å²) >= 11 is 0. The number of furan rings is 2. The van der Waals surface area contributed by atoms with Gasteiger partial charge in [-0.3, -0.25) is 0 Å². The van der Waals surface area contributed by atoms with Crippen LogP contribution in [-0.4, -0.2) is 19.9 Å². The van der Waals surface area contributed by atoms with Crippen molar-refractivity contribution in [2.24, 2.45) is 0 Å². The zero-order valence-corrected chi connectivity index (χ0v) is 34.2. The van der Waals surface area contributed by atoms with E-state index in [-0.39, 0.29) is 0 Å². The minimum absolute atomic E-state index is 0.576. The Morgan fingerprint density at radius 1 is 0.297 bits per heavy atom. The first-order chi connectivity index (χ1) is 31.7. The summed E-state index contributed by atoms with van der Waals surface area (Å²) in [5.74, 6) is 1.76. The van der Waals surface area contributed by atoms with Crippen LogP contribution in [0.5, 0.6) is 0 Å². The summed E-state index contributed by atoms with van der Waals surface area (Å²) in [7, 11) is 0. The maximum absolute atomic E-state index is 6.68. The van der Waals surface area contributed by atoms with E-state index in [1.807, 2.05) is 66.7 Å². The number of aromatic nitrogens is 4. The van der Waals surface area contributed by atoms with E-state index in [0.29, 0.717) is 17.5 Å². The van der Waals surface area contributed by atoms with Gasteiger partial charge >= 0.3 is 0 Å². The summed E-state index contributed by atoms with van der Waals surface area (Å²) < 4.78 is 13.1. The number of nitrogens with zero attached hydrogens (tertiary/aromatic N) is 4. The van der Waals surface area contributed by atoms with E-state index in [1.54, 1.807) is 0 Å². The van der Waals surface area contributed by atoms with Crippen molar-refractivity contribution in [2.75, 3.05) is 0 Å². The second-order valence-electron chi connectivity index (χ2n) is 16.1. The SMILES string of the molecule is c1ccc(-c2nc(-c3ccc(-c4cccc5c4oc4ccccc45)cc3)nc(-c3cccc(-c4c5c(cc6c(-c7ccccc7)nc7ccccc7c46)oc4ccccc45)c3)n2)cc1. The van der Waals surface area contributed by atoms with Crippen LogP contribution in [0.1, 0.15) is 0 Å². The molecule has 0 bridgehead atoms. The first-order valence-electron chi connectivity index (χ1n) is 21.4. The van der Waals surface area contributed by atoms with Crippen molar-refractivity contribution in [3.05, 3.63) is 206 Å². The maximum Gasteiger partial charge on any atom is 0.164 e. The first kappa shape index (κ1) is 36.0. The smallest absolute Gasteiger partial charge is 0.164 e. The molecule has 4 aromatic heterocycles. The highest BCUT2D eigenvalue weighted by molar-refractivity contribution is 6.28. The van der Waals surface area contributed by atoms with Crippen LogP contribution in [0.25, 0.3) is 133 Å². The summed E-state index contributed by atoms with van der Waals surface area (Å²) in [6.07, 6.45) is 0. The molecule has 9 aromatic carbocycles. The molecule has 0 aliphatic rings. The molecule has 13 aromatic rings. The van der Waals surface area contributed by atoms with Crippen molar-refractivity contribution in [1.29, 1.82) is 0 Å². The molecule has 4 heterocycles. The number of hydrogen-bond donors (Lipinski definition) is 0. The largest absolute Gasteiger partial charge is 0.456 e. The van der Waals surface area contributed by atoms with Crippen LogP contribution in [0, 0.1) is 0 Å². The van der Waals surface area contributed by atoms with Crippen LogP contribution < -0.4 is 0 Å². The van der Waals surface area contributed by atoms with Gasteiger partial charge in [-0.25, -0.2) is 19.9 Å². The van der Waals surface area contributed by atoms with E-state index in [1.165, 1.54) is 0 Å². The lowest BCUT2D eigenvalue weighted by Crippen LogP contribution is -2.00. The first-order valence-corrected chi connectivity index (χ1v) is 21.4. The quantitative estimate of drug-likeness (QED) is 0.156. The molecular weight excluding hydrogens is 785 g/mol. The van der Waals surface area contributed by atoms with E-state index < -0.39 is 0 Å². The van der Waals surface area contributed by atoms with E-state index in [9.17, 15) is 0 Å². The van der Waals surface area contributed by atoms with E-state index in [4.69, 9.17) is 28.8 Å². The van der Waals surface area contributed by atoms with Crippen molar-refractivity contribution in [3.63, 3.8) is 0 Å². The fraction of sp³-hybridized carbons (Fsp3) is 0. The Hall–Kier alpha value is -8.74. The third kappa shape index (κ3) is 5.81. The number of pyridine rings is 1. The van der Waals surface area contributed by atoms with Crippen LogP contribution in [0.2, 0.25) is 0 Å². The van der Waals surface area contributed by atoms with E-state index in [2.05, 4.69) is 140 Å². The summed E-state index contributed by atoms with van der Waals surface area (Å²) in [4.78, 5) is 20.7. The number of rotatable bonds is 6. The predicted molar refractivity (Wildman–Crippen MR) is 260 cm³/mol. The molecule has 13 rings (SSSR count). The second-order valence-corrected chi connectivity index (χ2v) is 16.1. The van der Waals surface area contributed by atoms with Crippen LogP contribution in [0.4, 0.5) is 0 Å². The van der Waals surface area contributed by atoms with Gasteiger partial charge in [-0.1, -0.05) is 176 Å². The van der Waals surface area contributed by atoms with Crippen molar-refractivity contribution in [1.82, 2.24) is 19.9 Å². The van der Waals surface area contributed by atoms with Gasteiger partial charge in [0.2, 0.25) is 0 Å². The molecule has 298 valence electrons. The fourth-order valence-electron chi connectivity index (χ4n) is 9.36. The zero-order chi connectivity index (χ0) is 42.1. The van der Waals surface area contributed by atoms with Crippen molar-refractivity contribution >= 4 is 65.6 Å². The Labute approximate surface area is 366 Å². The highest BCUT2D eigenvalue weighted by Gasteiger charge is 2.23. The standard InChI is InChI=1S/C58H34N4O2/c1-3-15-36(16-4-1)54-46-34-50-53(45-23-9-12-28-49(45)63-50)51(52(46)44-22-7-10-26-47(44)59-54)39-19-13-20-40(33-39)58-61-56(37-17-5-2-6-18-37)60-57(62-58)38-31-29-35(30-32-38)41-24-14-25-43-42-21-8-11-27-48(42)64-55(41)43/h1-34H. The minimum Gasteiger partial charge on any atom is -0.456 e. The monoisotopic (exact) mass is 818 g/mol. The van der Waals surface area contributed by atoms with Crippen LogP contribution >= 0.6 is 0 Å². The van der Waals surface area contributed by atoms with E-state index in [0.717, 1.165) is 116 Å². The van der Waals surface area contributed by atoms with Gasteiger partial charge in [-0.05, 0) is 41.5 Å². The molecule has 0 saturated heterocycles. The molecule has 64 heavy (non-hydrogen) atoms. The number of benzene rings is 9. The molecule has 6 heteroatoms. The number of fused-ring (bicyclic) bond motifs is 9. The normalized spacial score (nSPS) is 11.8. The summed E-state index contributed by atoms with van der Waals surface area (Å²) in [5, 5.41) is 7.51. The Morgan fingerprint density at radius 2 is 0.844 bits per heavy atom. The molecule has 0 aliphatic heterocycles. The molecule has 0 fully saturated rings. The highest BCUT2D eigenvalue weighted by Crippen LogP contribution is 2.47. The Balaban J connectivity index is 1.01. The zero-order valence-electron chi connectivity index (χ0n) is 34.2. The molecule has 0 unspecified atom stereocenters. The lowest BCUT2D eigenvalue weighted by atomic mass is 9.89. The summed E-state index contributed by atoms with van der Waals surface area (Å²) in [6.45, 7) is 0. The van der Waals surface area contributed by atoms with Gasteiger partial charge in [0, 0.05) is 71.1 Å². The Morgan fingerprint density at radius 3 is 1.61 bits per heavy atom. The molecule has 0 radical (unpaired) electrons. The molecule has 0 N–H and O–H groups in total. The van der Waals surface area contributed by atoms with Gasteiger partial charge in [-0.2, -0.15) is 0 Å². The molecule has 0 saturated carbocycles. The van der Waals surface area contributed by atoms with E-state index >= 15 is 0 Å². The molecule has 0 atom stereocenters. The van der Waals surface area contributed by atoms with Crippen LogP contribution in [-0.2, 0) is 0 Å². The molecular formula is C58H34N4O2. The number of hydrogen-bond acceptors (Lipinski definition) is 6. The second kappa shape index (κ2) is 14.4. The highest BCUT2D eigenvalue weighted by atomic mass is 16.3. The molecule has 0 spiro atoms. The minimum atomic E-state index is 0.576. The molecule has 0 aliphatic carbocycles. The average molecular weight is 819 g/mol. The van der Waals surface area contributed by atoms with Crippen LogP contribution in [0.15, 0.2) is 215 Å². The van der Waals surface area contributed by atoms with Crippen molar-refractivity contribution in [2.45, 2.75) is 0 Å². The predicted octanol–water partition coefficient (Wildman–Crippen LogP) is 15.4. The molecule has 6 nitrogen and oxygen atoms in total. The van der Waals surface area contributed by atoms with Gasteiger partial charge in [0.15, 0.2) is 17.5 Å². The maximum atomic E-state index is 6.68. The summed E-state index contributed by atoms with van der Waals surface area (Å²) in [6, 6.07) is 70.8. The third-order valence-electron chi connectivity index (χ3n) is 12.3. The van der Waals surface area contributed by atoms with Gasteiger partial charge < -0.3 is 8.83 Å². The topological polar surface area (TPSA) is 77.8 Å². The van der Waals surface area contributed by atoms with Gasteiger partial charge in [0.05, 0.1) is 11.2 Å². The van der Waals surface area contributed by atoms with Gasteiger partial charge in [0.1, 0.15) is 22.3 Å². The number of para-hydroxylation sites is 4. The van der Waals surface area contributed by atoms with Crippen LogP contribution in [0.3, 0.4) is 0 Å². The lowest BCUT2D eigenvalue weighted by Gasteiger charge is -2.16. The van der Waals surface area contributed by atoms with Crippen molar-refractivity contribution < 1.29 is 8.83 Å². The molecule has 0 amide bonds. The van der Waals surface area contributed by atoms with Gasteiger partial charge in [0.25, 0.3) is 0 Å². The van der Waals surface area contributed by atoms with Crippen molar-refractivity contribution in [3.8, 4) is 67.7 Å². The average Bonchev–Trinajstić information content (AvgIpc) is 3.94. The Kier molecular flexibility index (Phi) is 8.11. The Bertz CT molecular complexity index is 3950. The lowest BCUT2D eigenvalue weighted by molar-refractivity contribution is 0.669. The van der Waals surface area contributed by atoms with Gasteiger partial charge in [-0.15, -0.1) is 0 Å². The third-order valence-corrected chi connectivity index (χ3v) is 12.3. The fourth-order valence-corrected chi connectivity index (χ4v) is 9.36.